The zero-order valence-corrected chi connectivity index (χ0v) is 24.0. The van der Waals surface area contributed by atoms with Gasteiger partial charge in [0.1, 0.15) is 5.82 Å². The van der Waals surface area contributed by atoms with E-state index in [0.29, 0.717) is 22.3 Å². The Labute approximate surface area is 242 Å². The van der Waals surface area contributed by atoms with Crippen LogP contribution in [-0.2, 0) is 6.42 Å². The fraction of sp³-hybridized carbons (Fsp3) is 0.281. The van der Waals surface area contributed by atoms with Gasteiger partial charge < -0.3 is 21.7 Å². The molecular weight excluding hydrogens is 525 g/mol. The summed E-state index contributed by atoms with van der Waals surface area (Å²) >= 11 is 12.5. The number of hydrogen-bond donors (Lipinski definition) is 4. The highest BCUT2D eigenvalue weighted by atomic mass is 35.5. The second-order valence-electron chi connectivity index (χ2n) is 9.73. The zero-order valence-electron chi connectivity index (χ0n) is 22.4. The van der Waals surface area contributed by atoms with Crippen LogP contribution in [0.4, 0.5) is 5.69 Å². The van der Waals surface area contributed by atoms with Gasteiger partial charge in [-0.3, -0.25) is 0 Å². The first-order valence-electron chi connectivity index (χ1n) is 13.5. The van der Waals surface area contributed by atoms with Crippen LogP contribution in [0.2, 0.25) is 10.0 Å². The van der Waals surface area contributed by atoms with Crippen molar-refractivity contribution in [3.63, 3.8) is 0 Å². The molecule has 3 aromatic carbocycles. The molecule has 39 heavy (non-hydrogen) atoms. The number of benzene rings is 3. The average Bonchev–Trinajstić information content (AvgIpc) is 2.95. The Morgan fingerprint density at radius 3 is 2.46 bits per heavy atom. The summed E-state index contributed by atoms with van der Waals surface area (Å²) in [5.74, 6) is 0.648. The first-order chi connectivity index (χ1) is 19.0. The number of allylic oxidation sites excluding steroid dienone is 1. The molecule has 5 N–H and O–H groups in total. The molecule has 0 heterocycles. The van der Waals surface area contributed by atoms with E-state index < -0.39 is 0 Å². The van der Waals surface area contributed by atoms with E-state index in [1.54, 1.807) is 0 Å². The Kier molecular flexibility index (Phi) is 10.6. The van der Waals surface area contributed by atoms with Gasteiger partial charge in [0.05, 0.1) is 10.0 Å². The van der Waals surface area contributed by atoms with Crippen LogP contribution < -0.4 is 21.7 Å². The molecule has 0 saturated carbocycles. The van der Waals surface area contributed by atoms with Crippen LogP contribution in [0.3, 0.4) is 0 Å². The average molecular weight is 563 g/mol. The van der Waals surface area contributed by atoms with Crippen molar-refractivity contribution in [2.75, 3.05) is 31.5 Å². The van der Waals surface area contributed by atoms with Crippen molar-refractivity contribution in [3.05, 3.63) is 117 Å². The van der Waals surface area contributed by atoms with Crippen LogP contribution in [0.15, 0.2) is 89.7 Å². The number of nitrogens with one attached hydrogen (secondary N) is 3. The molecular formula is C32H37Cl2N5. The van der Waals surface area contributed by atoms with Gasteiger partial charge in [0.2, 0.25) is 0 Å². The molecule has 0 aromatic heterocycles. The molecule has 1 aliphatic carbocycles. The minimum absolute atomic E-state index is 0.0978. The van der Waals surface area contributed by atoms with Crippen LogP contribution in [-0.4, -0.2) is 32.4 Å². The van der Waals surface area contributed by atoms with Crippen LogP contribution in [0.5, 0.6) is 0 Å². The largest absolute Gasteiger partial charge is 0.398 e. The number of aliphatic imine (C=N–C) groups is 1. The molecule has 0 radical (unpaired) electrons. The molecule has 0 bridgehead atoms. The van der Waals surface area contributed by atoms with Crippen molar-refractivity contribution in [1.82, 2.24) is 10.6 Å². The SMILES string of the molecule is C=C(N=CC1=C(N)c2ccccc2C(c2ccc(Cl)c(Cl)c2)C1)Nc1ccc(CCNCCNCCC)cc1. The van der Waals surface area contributed by atoms with Gasteiger partial charge in [-0.1, -0.05) is 79.2 Å². The topological polar surface area (TPSA) is 74.5 Å². The third-order valence-electron chi connectivity index (χ3n) is 6.86. The van der Waals surface area contributed by atoms with E-state index in [-0.39, 0.29) is 5.92 Å². The summed E-state index contributed by atoms with van der Waals surface area (Å²) in [6.45, 7) is 10.3. The summed E-state index contributed by atoms with van der Waals surface area (Å²) in [5.41, 5.74) is 13.8. The summed E-state index contributed by atoms with van der Waals surface area (Å²) in [6, 6.07) is 22.4. The molecule has 4 rings (SSSR count). The predicted molar refractivity (Wildman–Crippen MR) is 168 cm³/mol. The molecule has 0 aliphatic heterocycles. The first kappa shape index (κ1) is 28.9. The number of nitrogens with zero attached hydrogens (tertiary/aromatic N) is 1. The lowest BCUT2D eigenvalue weighted by Crippen LogP contribution is -2.29. The van der Waals surface area contributed by atoms with E-state index in [1.807, 2.05) is 36.5 Å². The lowest BCUT2D eigenvalue weighted by Gasteiger charge is -2.28. The van der Waals surface area contributed by atoms with E-state index in [0.717, 1.165) is 60.7 Å². The predicted octanol–water partition coefficient (Wildman–Crippen LogP) is 6.98. The Morgan fingerprint density at radius 1 is 0.974 bits per heavy atom. The van der Waals surface area contributed by atoms with Gasteiger partial charge in [-0.2, -0.15) is 0 Å². The zero-order chi connectivity index (χ0) is 27.6. The highest BCUT2D eigenvalue weighted by molar-refractivity contribution is 6.42. The minimum Gasteiger partial charge on any atom is -0.398 e. The molecule has 5 nitrogen and oxygen atoms in total. The van der Waals surface area contributed by atoms with Gasteiger partial charge in [0.25, 0.3) is 0 Å². The van der Waals surface area contributed by atoms with Crippen LogP contribution in [0, 0.1) is 0 Å². The number of nitrogens with two attached hydrogens (primary N) is 1. The van der Waals surface area contributed by atoms with E-state index in [2.05, 4.69) is 70.8 Å². The third-order valence-corrected chi connectivity index (χ3v) is 7.60. The maximum Gasteiger partial charge on any atom is 0.123 e. The van der Waals surface area contributed by atoms with E-state index in [4.69, 9.17) is 28.9 Å². The number of halogens is 2. The molecule has 0 amide bonds. The van der Waals surface area contributed by atoms with Gasteiger partial charge in [-0.05, 0) is 78.9 Å². The Morgan fingerprint density at radius 2 is 1.72 bits per heavy atom. The molecule has 3 aromatic rings. The number of hydrogen-bond acceptors (Lipinski definition) is 5. The van der Waals surface area contributed by atoms with Gasteiger partial charge in [0.15, 0.2) is 0 Å². The van der Waals surface area contributed by atoms with Crippen molar-refractivity contribution in [3.8, 4) is 0 Å². The molecule has 0 saturated heterocycles. The Balaban J connectivity index is 1.37. The Bertz CT molecular complexity index is 1330. The van der Waals surface area contributed by atoms with E-state index in [1.165, 1.54) is 17.5 Å². The Hall–Kier alpha value is -3.09. The van der Waals surface area contributed by atoms with Gasteiger partial charge in [-0.25, -0.2) is 4.99 Å². The van der Waals surface area contributed by atoms with Gasteiger partial charge in [-0.15, -0.1) is 0 Å². The minimum atomic E-state index is 0.0978. The van der Waals surface area contributed by atoms with Crippen LogP contribution in [0.1, 0.15) is 47.9 Å². The second kappa shape index (κ2) is 14.3. The quantitative estimate of drug-likeness (QED) is 0.134. The fourth-order valence-corrected chi connectivity index (χ4v) is 5.06. The second-order valence-corrected chi connectivity index (χ2v) is 10.5. The van der Waals surface area contributed by atoms with Crippen molar-refractivity contribution in [1.29, 1.82) is 0 Å². The van der Waals surface area contributed by atoms with Crippen molar-refractivity contribution < 1.29 is 0 Å². The highest BCUT2D eigenvalue weighted by Gasteiger charge is 2.26. The third kappa shape index (κ3) is 7.96. The molecule has 1 unspecified atom stereocenters. The van der Waals surface area contributed by atoms with E-state index in [9.17, 15) is 0 Å². The van der Waals surface area contributed by atoms with Crippen LogP contribution >= 0.6 is 23.2 Å². The van der Waals surface area contributed by atoms with Crippen molar-refractivity contribution in [2.45, 2.75) is 32.1 Å². The molecule has 7 heteroatoms. The molecule has 1 aliphatic rings. The van der Waals surface area contributed by atoms with Gasteiger partial charge in [0, 0.05) is 42.2 Å². The number of fused-ring (bicyclic) bond motifs is 1. The lowest BCUT2D eigenvalue weighted by atomic mass is 9.78. The number of anilines is 1. The summed E-state index contributed by atoms with van der Waals surface area (Å²) in [4.78, 5) is 4.61. The van der Waals surface area contributed by atoms with Crippen LogP contribution in [0.25, 0.3) is 5.70 Å². The summed E-state index contributed by atoms with van der Waals surface area (Å²) in [5, 5.41) is 11.3. The molecule has 1 atom stereocenters. The first-order valence-corrected chi connectivity index (χ1v) is 14.2. The maximum atomic E-state index is 6.60. The molecule has 0 fully saturated rings. The normalized spacial score (nSPS) is 15.0. The standard InChI is InChI=1S/C32H37Cl2N5/c1-3-15-36-17-18-37-16-14-23-8-11-26(12-9-23)39-22(2)38-21-25-19-29(24-10-13-30(33)31(34)20-24)27-6-4-5-7-28(27)32(25)35/h4-13,20-21,29,36-37,39H,2-3,14-19,35H2,1H3. The van der Waals surface area contributed by atoms with E-state index >= 15 is 0 Å². The summed E-state index contributed by atoms with van der Waals surface area (Å²) in [7, 11) is 0. The summed E-state index contributed by atoms with van der Waals surface area (Å²) < 4.78 is 0. The monoisotopic (exact) mass is 561 g/mol. The maximum absolute atomic E-state index is 6.60. The van der Waals surface area contributed by atoms with Gasteiger partial charge >= 0.3 is 0 Å². The van der Waals surface area contributed by atoms with Crippen molar-refractivity contribution >= 4 is 40.8 Å². The lowest BCUT2D eigenvalue weighted by molar-refractivity contribution is 0.607. The summed E-state index contributed by atoms with van der Waals surface area (Å²) in [6.07, 6.45) is 4.68. The van der Waals surface area contributed by atoms with Crippen molar-refractivity contribution in [2.24, 2.45) is 10.7 Å². The number of rotatable bonds is 13. The smallest absolute Gasteiger partial charge is 0.123 e. The molecule has 0 spiro atoms. The highest BCUT2D eigenvalue weighted by Crippen LogP contribution is 2.41. The fourth-order valence-electron chi connectivity index (χ4n) is 4.75. The molecule has 204 valence electrons.